The fraction of sp³-hybridized carbons (Fsp3) is 0.188. The molecular formula is C16H18N4. The number of anilines is 1. The highest BCUT2D eigenvalue weighted by Crippen LogP contribution is 2.32. The maximum atomic E-state index is 6.23. The number of hydrogen-bond donors (Lipinski definition) is 3. The van der Waals surface area contributed by atoms with Crippen molar-refractivity contribution in [2.45, 2.75) is 19.4 Å². The zero-order valence-corrected chi connectivity index (χ0v) is 11.6. The van der Waals surface area contributed by atoms with Crippen LogP contribution < -0.4 is 11.5 Å². The number of nitrogens with zero attached hydrogens (tertiary/aromatic N) is 1. The quantitative estimate of drug-likeness (QED) is 0.624. The third-order valence-corrected chi connectivity index (χ3v) is 3.61. The lowest BCUT2D eigenvalue weighted by molar-refractivity contribution is 0.554. The molecule has 0 atom stereocenters. The van der Waals surface area contributed by atoms with Crippen LogP contribution >= 0.6 is 0 Å². The van der Waals surface area contributed by atoms with Crippen LogP contribution in [-0.2, 0) is 5.54 Å². The van der Waals surface area contributed by atoms with Crippen molar-refractivity contribution in [3.05, 3.63) is 48.2 Å². The lowest BCUT2D eigenvalue weighted by atomic mass is 9.93. The molecule has 2 aromatic carbocycles. The maximum absolute atomic E-state index is 6.23. The normalized spacial score (nSPS) is 11.9. The Morgan fingerprint density at radius 3 is 2.40 bits per heavy atom. The second-order valence-corrected chi connectivity index (χ2v) is 5.66. The van der Waals surface area contributed by atoms with E-state index in [4.69, 9.17) is 11.5 Å². The fourth-order valence-corrected chi connectivity index (χ4v) is 2.37. The Labute approximate surface area is 117 Å². The van der Waals surface area contributed by atoms with Gasteiger partial charge in [0.05, 0.1) is 17.4 Å². The minimum atomic E-state index is -0.335. The Kier molecular flexibility index (Phi) is 2.76. The summed E-state index contributed by atoms with van der Waals surface area (Å²) in [4.78, 5) is 0. The molecule has 0 aliphatic heterocycles. The first-order valence-corrected chi connectivity index (χ1v) is 6.58. The molecule has 0 bridgehead atoms. The molecule has 1 aromatic heterocycles. The van der Waals surface area contributed by atoms with Gasteiger partial charge in [-0.05, 0) is 31.0 Å². The Morgan fingerprint density at radius 1 is 1.05 bits per heavy atom. The molecule has 0 aliphatic carbocycles. The van der Waals surface area contributed by atoms with Gasteiger partial charge in [0.25, 0.3) is 0 Å². The summed E-state index contributed by atoms with van der Waals surface area (Å²) in [6.45, 7) is 3.99. The van der Waals surface area contributed by atoms with Crippen LogP contribution in [0.4, 0.5) is 5.69 Å². The van der Waals surface area contributed by atoms with E-state index in [0.717, 1.165) is 33.3 Å². The van der Waals surface area contributed by atoms with E-state index in [0.29, 0.717) is 0 Å². The number of aromatic amines is 1. The van der Waals surface area contributed by atoms with Crippen LogP contribution in [-0.4, -0.2) is 10.2 Å². The van der Waals surface area contributed by atoms with E-state index in [9.17, 15) is 0 Å². The number of nitrogens with two attached hydrogens (primary N) is 2. The first-order chi connectivity index (χ1) is 9.47. The molecule has 1 heterocycles. The molecule has 3 aromatic rings. The molecule has 0 unspecified atom stereocenters. The first-order valence-electron chi connectivity index (χ1n) is 6.58. The highest BCUT2D eigenvalue weighted by molar-refractivity contribution is 5.98. The average Bonchev–Trinajstić information content (AvgIpc) is 2.88. The van der Waals surface area contributed by atoms with Crippen molar-refractivity contribution in [2.24, 2.45) is 5.73 Å². The minimum Gasteiger partial charge on any atom is -0.398 e. The van der Waals surface area contributed by atoms with Crippen LogP contribution in [0.15, 0.2) is 42.6 Å². The van der Waals surface area contributed by atoms with Gasteiger partial charge in [-0.2, -0.15) is 5.10 Å². The fourth-order valence-electron chi connectivity index (χ4n) is 2.37. The third-order valence-electron chi connectivity index (χ3n) is 3.61. The standard InChI is InChI=1S/C16H18N4/c1-16(2,18)11-5-3-10(4-6-11)12-7-8-14-13(15(12)17)9-19-20-14/h3-9H,17-18H2,1-2H3,(H,19,20). The molecule has 5 N–H and O–H groups in total. The van der Waals surface area contributed by atoms with Crippen molar-refractivity contribution in [2.75, 3.05) is 5.73 Å². The summed E-state index contributed by atoms with van der Waals surface area (Å²) in [6, 6.07) is 12.2. The number of rotatable bonds is 2. The summed E-state index contributed by atoms with van der Waals surface area (Å²) < 4.78 is 0. The van der Waals surface area contributed by atoms with Crippen molar-refractivity contribution in [3.63, 3.8) is 0 Å². The van der Waals surface area contributed by atoms with Gasteiger partial charge in [0, 0.05) is 16.5 Å². The number of fused-ring (bicyclic) bond motifs is 1. The molecule has 3 rings (SSSR count). The number of hydrogen-bond acceptors (Lipinski definition) is 3. The molecule has 4 heteroatoms. The van der Waals surface area contributed by atoms with E-state index < -0.39 is 0 Å². The van der Waals surface area contributed by atoms with Crippen LogP contribution in [0.2, 0.25) is 0 Å². The molecule has 0 spiro atoms. The molecular weight excluding hydrogens is 248 g/mol. The number of nitrogen functional groups attached to an aromatic ring is 1. The van der Waals surface area contributed by atoms with Crippen LogP contribution in [0, 0.1) is 0 Å². The summed E-state index contributed by atoms with van der Waals surface area (Å²) in [5.41, 5.74) is 16.9. The smallest absolute Gasteiger partial charge is 0.0671 e. The summed E-state index contributed by atoms with van der Waals surface area (Å²) in [6.07, 6.45) is 1.76. The number of aromatic nitrogens is 2. The maximum Gasteiger partial charge on any atom is 0.0671 e. The Balaban J connectivity index is 2.09. The van der Waals surface area contributed by atoms with Crippen molar-refractivity contribution in [1.29, 1.82) is 0 Å². The highest BCUT2D eigenvalue weighted by atomic mass is 15.1. The second-order valence-electron chi connectivity index (χ2n) is 5.66. The van der Waals surface area contributed by atoms with E-state index in [-0.39, 0.29) is 5.54 Å². The predicted octanol–water partition coefficient (Wildman–Crippen LogP) is 3.01. The minimum absolute atomic E-state index is 0.335. The molecule has 0 aliphatic rings. The van der Waals surface area contributed by atoms with E-state index in [1.165, 1.54) is 0 Å². The van der Waals surface area contributed by atoms with Crippen molar-refractivity contribution in [3.8, 4) is 11.1 Å². The van der Waals surface area contributed by atoms with Crippen molar-refractivity contribution >= 4 is 16.6 Å². The summed E-state index contributed by atoms with van der Waals surface area (Å²) in [7, 11) is 0. The zero-order chi connectivity index (χ0) is 14.3. The largest absolute Gasteiger partial charge is 0.398 e. The first kappa shape index (κ1) is 12.7. The summed E-state index contributed by atoms with van der Waals surface area (Å²) in [5.74, 6) is 0. The van der Waals surface area contributed by atoms with Gasteiger partial charge in [0.15, 0.2) is 0 Å². The van der Waals surface area contributed by atoms with Crippen LogP contribution in [0.1, 0.15) is 19.4 Å². The molecule has 0 saturated carbocycles. The van der Waals surface area contributed by atoms with E-state index in [2.05, 4.69) is 22.3 Å². The third kappa shape index (κ3) is 2.04. The van der Waals surface area contributed by atoms with Gasteiger partial charge >= 0.3 is 0 Å². The van der Waals surface area contributed by atoms with Crippen LogP contribution in [0.25, 0.3) is 22.0 Å². The van der Waals surface area contributed by atoms with Gasteiger partial charge in [0.1, 0.15) is 0 Å². The molecule has 102 valence electrons. The lowest BCUT2D eigenvalue weighted by Crippen LogP contribution is -2.28. The SMILES string of the molecule is CC(C)(N)c1ccc(-c2ccc3[nH]ncc3c2N)cc1. The van der Waals surface area contributed by atoms with E-state index in [1.54, 1.807) is 6.20 Å². The summed E-state index contributed by atoms with van der Waals surface area (Å²) >= 11 is 0. The highest BCUT2D eigenvalue weighted by Gasteiger charge is 2.14. The van der Waals surface area contributed by atoms with Gasteiger partial charge in [-0.25, -0.2) is 0 Å². The second kappa shape index (κ2) is 4.35. The molecule has 0 radical (unpaired) electrons. The molecule has 0 fully saturated rings. The Bertz CT molecular complexity index is 748. The van der Waals surface area contributed by atoms with Gasteiger partial charge in [-0.15, -0.1) is 0 Å². The zero-order valence-electron chi connectivity index (χ0n) is 11.6. The van der Waals surface area contributed by atoms with Gasteiger partial charge < -0.3 is 11.5 Å². The monoisotopic (exact) mass is 266 g/mol. The topological polar surface area (TPSA) is 80.7 Å². The molecule has 4 nitrogen and oxygen atoms in total. The Morgan fingerprint density at radius 2 is 1.75 bits per heavy atom. The number of H-pyrrole nitrogens is 1. The molecule has 0 amide bonds. The van der Waals surface area contributed by atoms with Crippen molar-refractivity contribution in [1.82, 2.24) is 10.2 Å². The van der Waals surface area contributed by atoms with Crippen LogP contribution in [0.5, 0.6) is 0 Å². The predicted molar refractivity (Wildman–Crippen MR) is 83.2 cm³/mol. The average molecular weight is 266 g/mol. The van der Waals surface area contributed by atoms with E-state index in [1.807, 2.05) is 38.1 Å². The molecule has 20 heavy (non-hydrogen) atoms. The number of benzene rings is 2. The van der Waals surface area contributed by atoms with Gasteiger partial charge in [0.2, 0.25) is 0 Å². The van der Waals surface area contributed by atoms with Crippen molar-refractivity contribution < 1.29 is 0 Å². The van der Waals surface area contributed by atoms with E-state index >= 15 is 0 Å². The summed E-state index contributed by atoms with van der Waals surface area (Å²) in [5, 5.41) is 7.89. The molecule has 0 saturated heterocycles. The Hall–Kier alpha value is -2.33. The number of nitrogens with one attached hydrogen (secondary N) is 1. The lowest BCUT2D eigenvalue weighted by Gasteiger charge is -2.19. The van der Waals surface area contributed by atoms with Gasteiger partial charge in [-0.1, -0.05) is 30.3 Å². The van der Waals surface area contributed by atoms with Crippen LogP contribution in [0.3, 0.4) is 0 Å². The van der Waals surface area contributed by atoms with Gasteiger partial charge in [-0.3, -0.25) is 5.10 Å².